The van der Waals surface area contributed by atoms with Gasteiger partial charge in [-0.05, 0) is 30.2 Å². The predicted molar refractivity (Wildman–Crippen MR) is 97.8 cm³/mol. The Labute approximate surface area is 150 Å². The summed E-state index contributed by atoms with van der Waals surface area (Å²) in [4.78, 5) is 33.3. The zero-order valence-electron chi connectivity index (χ0n) is 14.6. The van der Waals surface area contributed by atoms with Gasteiger partial charge < -0.3 is 16.4 Å². The van der Waals surface area contributed by atoms with Crippen molar-refractivity contribution < 1.29 is 9.59 Å². The lowest BCUT2D eigenvalue weighted by molar-refractivity contribution is 0.0943. The first-order valence-electron chi connectivity index (χ1n) is 8.25. The Kier molecular flexibility index (Phi) is 4.83. The average Bonchev–Trinajstić information content (AvgIpc) is 3.05. The summed E-state index contributed by atoms with van der Waals surface area (Å²) in [5.41, 5.74) is 8.35. The highest BCUT2D eigenvalue weighted by molar-refractivity contribution is 6.01. The lowest BCUT2D eigenvalue weighted by atomic mass is 10.2. The van der Waals surface area contributed by atoms with Crippen LogP contribution in [-0.2, 0) is 13.0 Å². The van der Waals surface area contributed by atoms with Crippen LogP contribution in [0.3, 0.4) is 0 Å². The van der Waals surface area contributed by atoms with Crippen molar-refractivity contribution in [2.24, 2.45) is 0 Å². The van der Waals surface area contributed by atoms with Gasteiger partial charge >= 0.3 is 0 Å². The number of aromatic nitrogens is 3. The standard InChI is InChI=1S/C18H20N6O2/c1-3-13-15(18(26)20-2)24-8-4-5-12(16(24)23-13)17(25)22-10-11-6-7-14(19)21-9-11/h4-9H,3,10H2,1-2H3,(H2,19,21)(H,20,26)(H,22,25). The first-order valence-corrected chi connectivity index (χ1v) is 8.25. The van der Waals surface area contributed by atoms with Crippen molar-refractivity contribution in [2.75, 3.05) is 12.8 Å². The predicted octanol–water partition coefficient (Wildman–Crippen LogP) is 1.16. The van der Waals surface area contributed by atoms with Crippen LogP contribution in [0.5, 0.6) is 0 Å². The Bertz CT molecular complexity index is 962. The van der Waals surface area contributed by atoms with E-state index in [0.717, 1.165) is 5.56 Å². The number of hydrogen-bond donors (Lipinski definition) is 3. The molecule has 0 aliphatic heterocycles. The molecule has 2 amide bonds. The van der Waals surface area contributed by atoms with Crippen LogP contribution in [0.25, 0.3) is 5.65 Å². The number of nitrogen functional groups attached to an aromatic ring is 1. The second-order valence-electron chi connectivity index (χ2n) is 5.73. The number of nitrogens with zero attached hydrogens (tertiary/aromatic N) is 3. The van der Waals surface area contributed by atoms with Crippen LogP contribution in [-0.4, -0.2) is 33.2 Å². The van der Waals surface area contributed by atoms with Crippen LogP contribution in [0.4, 0.5) is 5.82 Å². The largest absolute Gasteiger partial charge is 0.384 e. The van der Waals surface area contributed by atoms with Crippen LogP contribution in [0.15, 0.2) is 36.7 Å². The Morgan fingerprint density at radius 1 is 1.23 bits per heavy atom. The monoisotopic (exact) mass is 352 g/mol. The molecule has 0 aliphatic rings. The molecule has 0 spiro atoms. The van der Waals surface area contributed by atoms with Gasteiger partial charge in [-0.3, -0.25) is 14.0 Å². The molecule has 3 heterocycles. The van der Waals surface area contributed by atoms with Crippen molar-refractivity contribution in [1.82, 2.24) is 25.0 Å². The third-order valence-electron chi connectivity index (χ3n) is 4.04. The zero-order chi connectivity index (χ0) is 18.7. The molecule has 134 valence electrons. The van der Waals surface area contributed by atoms with Crippen molar-refractivity contribution in [1.29, 1.82) is 0 Å². The number of carbonyl (C=O) groups is 2. The molecule has 0 saturated heterocycles. The molecule has 0 fully saturated rings. The molecule has 3 aromatic heterocycles. The van der Waals surface area contributed by atoms with Gasteiger partial charge in [0.1, 0.15) is 11.5 Å². The van der Waals surface area contributed by atoms with E-state index in [1.165, 1.54) is 0 Å². The van der Waals surface area contributed by atoms with Crippen LogP contribution in [0.1, 0.15) is 39.0 Å². The number of rotatable bonds is 5. The summed E-state index contributed by atoms with van der Waals surface area (Å²) in [6, 6.07) is 6.89. The molecule has 4 N–H and O–H groups in total. The van der Waals surface area contributed by atoms with E-state index in [2.05, 4.69) is 20.6 Å². The molecule has 8 nitrogen and oxygen atoms in total. The molecule has 0 radical (unpaired) electrons. The smallest absolute Gasteiger partial charge is 0.269 e. The second kappa shape index (κ2) is 7.22. The summed E-state index contributed by atoms with van der Waals surface area (Å²) in [6.45, 7) is 2.23. The molecule has 3 aromatic rings. The number of fused-ring (bicyclic) bond motifs is 1. The number of aryl methyl sites for hydroxylation is 1. The molecule has 26 heavy (non-hydrogen) atoms. The van der Waals surface area contributed by atoms with E-state index in [1.807, 2.05) is 6.92 Å². The van der Waals surface area contributed by atoms with E-state index >= 15 is 0 Å². The molecule has 0 unspecified atom stereocenters. The van der Waals surface area contributed by atoms with E-state index in [0.29, 0.717) is 41.4 Å². The Morgan fingerprint density at radius 2 is 2.04 bits per heavy atom. The lowest BCUT2D eigenvalue weighted by Gasteiger charge is -2.07. The van der Waals surface area contributed by atoms with Gasteiger partial charge in [-0.1, -0.05) is 13.0 Å². The van der Waals surface area contributed by atoms with Crippen molar-refractivity contribution >= 4 is 23.3 Å². The van der Waals surface area contributed by atoms with Gasteiger partial charge in [-0.2, -0.15) is 0 Å². The van der Waals surface area contributed by atoms with Gasteiger partial charge in [0, 0.05) is 26.0 Å². The van der Waals surface area contributed by atoms with Crippen LogP contribution < -0.4 is 16.4 Å². The maximum absolute atomic E-state index is 12.6. The van der Waals surface area contributed by atoms with Crippen LogP contribution >= 0.6 is 0 Å². The van der Waals surface area contributed by atoms with Crippen LogP contribution in [0.2, 0.25) is 0 Å². The molecular formula is C18H20N6O2. The van der Waals surface area contributed by atoms with Gasteiger partial charge in [0.25, 0.3) is 11.8 Å². The zero-order valence-corrected chi connectivity index (χ0v) is 14.6. The Balaban J connectivity index is 1.92. The third-order valence-corrected chi connectivity index (χ3v) is 4.04. The quantitative estimate of drug-likeness (QED) is 0.637. The summed E-state index contributed by atoms with van der Waals surface area (Å²) >= 11 is 0. The van der Waals surface area contributed by atoms with Crippen molar-refractivity contribution in [2.45, 2.75) is 19.9 Å². The van der Waals surface area contributed by atoms with E-state index < -0.39 is 0 Å². The number of nitrogens with two attached hydrogens (primary N) is 1. The van der Waals surface area contributed by atoms with E-state index in [4.69, 9.17) is 5.73 Å². The maximum atomic E-state index is 12.6. The fourth-order valence-corrected chi connectivity index (χ4v) is 2.72. The highest BCUT2D eigenvalue weighted by Crippen LogP contribution is 2.17. The number of hydrogen-bond acceptors (Lipinski definition) is 5. The van der Waals surface area contributed by atoms with Crippen molar-refractivity contribution in [3.63, 3.8) is 0 Å². The summed E-state index contributed by atoms with van der Waals surface area (Å²) in [6.07, 6.45) is 3.93. The topological polar surface area (TPSA) is 114 Å². The number of pyridine rings is 2. The van der Waals surface area contributed by atoms with Gasteiger partial charge in [0.2, 0.25) is 0 Å². The summed E-state index contributed by atoms with van der Waals surface area (Å²) in [7, 11) is 1.57. The molecule has 0 aliphatic carbocycles. The van der Waals surface area contributed by atoms with Gasteiger partial charge in [0.05, 0.1) is 11.3 Å². The molecule has 0 bridgehead atoms. The van der Waals surface area contributed by atoms with Crippen molar-refractivity contribution in [3.05, 3.63) is 59.2 Å². The maximum Gasteiger partial charge on any atom is 0.269 e. The van der Waals surface area contributed by atoms with E-state index in [1.54, 1.807) is 48.1 Å². The first-order chi connectivity index (χ1) is 12.5. The highest BCUT2D eigenvalue weighted by Gasteiger charge is 2.20. The van der Waals surface area contributed by atoms with Gasteiger partial charge in [0.15, 0.2) is 5.65 Å². The first kappa shape index (κ1) is 17.4. The molecular weight excluding hydrogens is 332 g/mol. The number of carbonyl (C=O) groups excluding carboxylic acids is 2. The molecule has 8 heteroatoms. The van der Waals surface area contributed by atoms with Crippen molar-refractivity contribution in [3.8, 4) is 0 Å². The van der Waals surface area contributed by atoms with Gasteiger partial charge in [-0.25, -0.2) is 9.97 Å². The molecule has 0 atom stereocenters. The molecule has 0 aromatic carbocycles. The Hall–Kier alpha value is -3.42. The van der Waals surface area contributed by atoms with E-state index in [-0.39, 0.29) is 11.8 Å². The molecule has 0 saturated carbocycles. The summed E-state index contributed by atoms with van der Waals surface area (Å²) in [5, 5.41) is 5.46. The third kappa shape index (κ3) is 3.21. The number of anilines is 1. The fourth-order valence-electron chi connectivity index (χ4n) is 2.72. The Morgan fingerprint density at radius 3 is 2.69 bits per heavy atom. The summed E-state index contributed by atoms with van der Waals surface area (Å²) < 4.78 is 1.65. The number of nitrogens with one attached hydrogen (secondary N) is 2. The van der Waals surface area contributed by atoms with E-state index in [9.17, 15) is 9.59 Å². The minimum atomic E-state index is -0.275. The van der Waals surface area contributed by atoms with Crippen LogP contribution in [0, 0.1) is 0 Å². The minimum Gasteiger partial charge on any atom is -0.384 e. The lowest BCUT2D eigenvalue weighted by Crippen LogP contribution is -2.24. The highest BCUT2D eigenvalue weighted by atomic mass is 16.2. The SMILES string of the molecule is CCc1nc2c(C(=O)NCc3ccc(N)nc3)cccn2c1C(=O)NC. The average molecular weight is 352 g/mol. The number of imidazole rings is 1. The second-order valence-corrected chi connectivity index (χ2v) is 5.73. The fraction of sp³-hybridized carbons (Fsp3) is 0.222. The summed E-state index contributed by atoms with van der Waals surface area (Å²) in [5.74, 6) is -0.0838. The molecule has 3 rings (SSSR count). The van der Waals surface area contributed by atoms with Gasteiger partial charge in [-0.15, -0.1) is 0 Å². The number of amides is 2. The minimum absolute atomic E-state index is 0.236. The normalized spacial score (nSPS) is 10.7.